The van der Waals surface area contributed by atoms with E-state index in [0.29, 0.717) is 17.9 Å². The molecule has 216 valence electrons. The van der Waals surface area contributed by atoms with Crippen LogP contribution < -0.4 is 10.4 Å². The molecule has 0 saturated heterocycles. The summed E-state index contributed by atoms with van der Waals surface area (Å²) in [4.78, 5) is 12.9. The van der Waals surface area contributed by atoms with E-state index in [1.165, 1.54) is 15.9 Å². The number of hydrogen-bond donors (Lipinski definition) is 0. The zero-order valence-electron chi connectivity index (χ0n) is 25.6. The molecule has 4 nitrogen and oxygen atoms in total. The third-order valence-electron chi connectivity index (χ3n) is 9.00. The molecule has 5 rings (SSSR count). The predicted octanol–water partition coefficient (Wildman–Crippen LogP) is 7.17. The molecule has 2 aromatic rings. The van der Waals surface area contributed by atoms with Crippen molar-refractivity contribution < 1.29 is 18.7 Å². The van der Waals surface area contributed by atoms with Crippen LogP contribution in [-0.4, -0.2) is 32.6 Å². The van der Waals surface area contributed by atoms with Crippen molar-refractivity contribution >= 4 is 24.7 Å². The topological polar surface area (TPSA) is 44.8 Å². The van der Waals surface area contributed by atoms with E-state index >= 15 is 0 Å². The van der Waals surface area contributed by atoms with E-state index in [2.05, 4.69) is 114 Å². The summed E-state index contributed by atoms with van der Waals surface area (Å²) in [5, 5.41) is 2.42. The van der Waals surface area contributed by atoms with Gasteiger partial charge in [0.05, 0.1) is 17.8 Å². The van der Waals surface area contributed by atoms with Crippen molar-refractivity contribution in [3.05, 3.63) is 107 Å². The number of rotatable bonds is 7. The van der Waals surface area contributed by atoms with E-state index in [9.17, 15) is 4.79 Å². The highest BCUT2D eigenvalue weighted by Crippen LogP contribution is 2.52. The van der Waals surface area contributed by atoms with Crippen molar-refractivity contribution in [1.82, 2.24) is 0 Å². The second kappa shape index (κ2) is 11.0. The van der Waals surface area contributed by atoms with Gasteiger partial charge in [-0.05, 0) is 83.3 Å². The second-order valence-electron chi connectivity index (χ2n) is 13.5. The molecule has 2 aromatic carbocycles. The molecule has 1 aliphatic carbocycles. The third-order valence-corrected chi connectivity index (χ3v) is 14.0. The number of ether oxygens (including phenoxy) is 2. The number of carbonyl (C=O) groups excluding carboxylic acids is 1. The highest BCUT2D eigenvalue weighted by atomic mass is 28.4. The standard InChI is InChI=1S/C36H44O4Si/c1-26(19-22-38-41(34(2,3)4,28-15-10-8-11-16-28)29-17-12-9-13-18-29)23-27-24-30(33(37)39-27)31-25-32-35(5,6)20-14-21-36(32,7)40-31/h8-13,15-19,23-25,31H,14,20-22H2,1-7H3/b26-19+,27-23+. The summed E-state index contributed by atoms with van der Waals surface area (Å²) in [6, 6.07) is 21.3. The van der Waals surface area contributed by atoms with Crippen LogP contribution in [0.4, 0.5) is 0 Å². The Morgan fingerprint density at radius 2 is 1.61 bits per heavy atom. The largest absolute Gasteiger partial charge is 0.423 e. The molecule has 2 unspecified atom stereocenters. The zero-order chi connectivity index (χ0) is 29.5. The van der Waals surface area contributed by atoms with E-state index < -0.39 is 8.32 Å². The molecular formula is C36H44O4Si. The molecule has 0 aromatic heterocycles. The lowest BCUT2D eigenvalue weighted by molar-refractivity contribution is -0.134. The number of fused-ring (bicyclic) bond motifs is 1. The van der Waals surface area contributed by atoms with Crippen molar-refractivity contribution in [2.75, 3.05) is 6.61 Å². The summed E-state index contributed by atoms with van der Waals surface area (Å²) in [6.45, 7) is 16.0. The Bertz CT molecular complexity index is 1370. The van der Waals surface area contributed by atoms with Gasteiger partial charge in [-0.1, -0.05) is 101 Å². The molecule has 1 saturated carbocycles. The minimum Gasteiger partial charge on any atom is -0.423 e. The predicted molar refractivity (Wildman–Crippen MR) is 169 cm³/mol. The van der Waals surface area contributed by atoms with Gasteiger partial charge in [0.15, 0.2) is 0 Å². The van der Waals surface area contributed by atoms with Gasteiger partial charge in [0.2, 0.25) is 0 Å². The Hall–Kier alpha value is -2.99. The van der Waals surface area contributed by atoms with Crippen molar-refractivity contribution in [2.45, 2.75) is 84.5 Å². The molecule has 0 spiro atoms. The average molecular weight is 569 g/mol. The molecular weight excluding hydrogens is 524 g/mol. The number of cyclic esters (lactones) is 1. The highest BCUT2D eigenvalue weighted by molar-refractivity contribution is 6.99. The number of allylic oxidation sites excluding steroid dienone is 3. The number of esters is 1. The summed E-state index contributed by atoms with van der Waals surface area (Å²) in [6.07, 6.45) is 10.9. The Labute approximate surface area is 246 Å². The van der Waals surface area contributed by atoms with Crippen LogP contribution in [-0.2, 0) is 18.7 Å². The first-order chi connectivity index (χ1) is 19.4. The van der Waals surface area contributed by atoms with E-state index in [0.717, 1.165) is 24.8 Å². The highest BCUT2D eigenvalue weighted by Gasteiger charge is 2.51. The van der Waals surface area contributed by atoms with Crippen molar-refractivity contribution in [2.24, 2.45) is 5.41 Å². The van der Waals surface area contributed by atoms with Crippen LogP contribution in [0.2, 0.25) is 5.04 Å². The summed E-state index contributed by atoms with van der Waals surface area (Å²) < 4.78 is 19.2. The molecule has 41 heavy (non-hydrogen) atoms. The van der Waals surface area contributed by atoms with Crippen molar-refractivity contribution in [3.63, 3.8) is 0 Å². The van der Waals surface area contributed by atoms with Gasteiger partial charge in [0.1, 0.15) is 11.9 Å². The minimum absolute atomic E-state index is 0.0773. The fourth-order valence-electron chi connectivity index (χ4n) is 7.02. The molecule has 0 bridgehead atoms. The number of hydrogen-bond acceptors (Lipinski definition) is 4. The second-order valence-corrected chi connectivity index (χ2v) is 17.9. The van der Waals surface area contributed by atoms with E-state index in [1.54, 1.807) is 0 Å². The maximum Gasteiger partial charge on any atom is 0.342 e. The Morgan fingerprint density at radius 3 is 2.17 bits per heavy atom. The number of carbonyl (C=O) groups is 1. The Kier molecular flexibility index (Phi) is 7.92. The average Bonchev–Trinajstić information content (AvgIpc) is 3.46. The lowest BCUT2D eigenvalue weighted by Crippen LogP contribution is -2.66. The first-order valence-electron chi connectivity index (χ1n) is 14.8. The SMILES string of the molecule is CC(=C\CO[Si](c1ccccc1)(c1ccccc1)C(C)(C)C)/C=C1\C=C(C2C=C3C(C)(C)CCCC3(C)O2)C(=O)O1. The summed E-state index contributed by atoms with van der Waals surface area (Å²) in [5.74, 6) is 0.222. The molecule has 0 N–H and O–H groups in total. The summed E-state index contributed by atoms with van der Waals surface area (Å²) in [7, 11) is -2.62. The summed E-state index contributed by atoms with van der Waals surface area (Å²) >= 11 is 0. The van der Waals surface area contributed by atoms with Crippen LogP contribution >= 0.6 is 0 Å². The van der Waals surface area contributed by atoms with Gasteiger partial charge in [-0.15, -0.1) is 0 Å². The van der Waals surface area contributed by atoms with Gasteiger partial charge >= 0.3 is 5.97 Å². The fourth-order valence-corrected chi connectivity index (χ4v) is 11.5. The van der Waals surface area contributed by atoms with Crippen LogP contribution in [0.1, 0.15) is 67.7 Å². The van der Waals surface area contributed by atoms with Crippen molar-refractivity contribution in [1.29, 1.82) is 0 Å². The van der Waals surface area contributed by atoms with Crippen LogP contribution in [0.3, 0.4) is 0 Å². The third kappa shape index (κ3) is 5.60. The lowest BCUT2D eigenvalue weighted by Gasteiger charge is -2.42. The van der Waals surface area contributed by atoms with Crippen LogP contribution in [0.25, 0.3) is 0 Å². The quantitative estimate of drug-likeness (QED) is 0.202. The fraction of sp³-hybridized carbons (Fsp3) is 0.417. The first kappa shape index (κ1) is 29.5. The van der Waals surface area contributed by atoms with Gasteiger partial charge in [-0.25, -0.2) is 4.79 Å². The van der Waals surface area contributed by atoms with Crippen molar-refractivity contribution in [3.8, 4) is 0 Å². The maximum atomic E-state index is 12.9. The van der Waals surface area contributed by atoms with Crippen LogP contribution in [0, 0.1) is 5.41 Å². The maximum absolute atomic E-state index is 12.9. The smallest absolute Gasteiger partial charge is 0.342 e. The van der Waals surface area contributed by atoms with Crippen LogP contribution in [0.5, 0.6) is 0 Å². The molecule has 0 radical (unpaired) electrons. The van der Waals surface area contributed by atoms with E-state index in [-0.39, 0.29) is 28.1 Å². The van der Waals surface area contributed by atoms with E-state index in [4.69, 9.17) is 13.9 Å². The lowest BCUT2D eigenvalue weighted by atomic mass is 9.67. The number of benzene rings is 2. The van der Waals surface area contributed by atoms with Crippen LogP contribution in [0.15, 0.2) is 107 Å². The molecule has 0 amide bonds. The van der Waals surface area contributed by atoms with E-state index in [1.807, 2.05) is 19.1 Å². The van der Waals surface area contributed by atoms with Gasteiger partial charge in [0, 0.05) is 0 Å². The Balaban J connectivity index is 1.37. The molecule has 1 fully saturated rings. The zero-order valence-corrected chi connectivity index (χ0v) is 26.6. The normalized spacial score (nSPS) is 25.5. The van der Waals surface area contributed by atoms with Gasteiger partial charge in [-0.2, -0.15) is 0 Å². The van der Waals surface area contributed by atoms with Gasteiger partial charge in [0.25, 0.3) is 8.32 Å². The molecule has 2 aliphatic heterocycles. The summed E-state index contributed by atoms with van der Waals surface area (Å²) in [5.41, 5.74) is 2.63. The molecule has 5 heteroatoms. The van der Waals surface area contributed by atoms with Gasteiger partial charge in [-0.3, -0.25) is 0 Å². The molecule has 3 aliphatic rings. The molecule has 2 heterocycles. The minimum atomic E-state index is -2.62. The van der Waals surface area contributed by atoms with Gasteiger partial charge < -0.3 is 13.9 Å². The monoisotopic (exact) mass is 568 g/mol. The first-order valence-corrected chi connectivity index (χ1v) is 16.7. The Morgan fingerprint density at radius 1 is 1.00 bits per heavy atom. The molecule has 2 atom stereocenters.